The summed E-state index contributed by atoms with van der Waals surface area (Å²) in [5.74, 6) is -0.0333. The normalized spacial score (nSPS) is 16.8. The molecule has 0 saturated heterocycles. The van der Waals surface area contributed by atoms with Crippen LogP contribution < -0.4 is 14.8 Å². The molecule has 1 N–H and O–H groups in total. The van der Waals surface area contributed by atoms with Crippen molar-refractivity contribution in [3.63, 3.8) is 0 Å². The standard InChI is InChI=1S/C24H28N2O6S/c1-4-32-21-12-16(10-11-20(21)31-2)19(14-33(3,29)30)26-13-17-6-5-7-18(22(17)24(26)28)25-23(27)15-8-9-15/h5-7,10-12,15,19H,4,8-9,13-14H2,1-3H3,(H,25,27)/t19-/m1/s1/i7D. The second-order valence-corrected chi connectivity index (χ2v) is 10.6. The second-order valence-electron chi connectivity index (χ2n) is 8.40. The number of anilines is 1. The SMILES string of the molecule is [2H]c1ccc2c(c1NC(=O)C1CC1)C(=O)N([C@H](CS(C)(=O)=O)c1ccc(OC)c(OCC)c1)C2. The number of carbonyl (C=O) groups excluding carboxylic acids is 2. The molecule has 1 atom stereocenters. The summed E-state index contributed by atoms with van der Waals surface area (Å²) < 4.78 is 44.0. The number of carbonyl (C=O) groups is 2. The number of benzene rings is 2. The van der Waals surface area contributed by atoms with Gasteiger partial charge in [-0.3, -0.25) is 9.59 Å². The first-order chi connectivity index (χ1) is 16.1. The summed E-state index contributed by atoms with van der Waals surface area (Å²) in [7, 11) is -1.96. The monoisotopic (exact) mass is 473 g/mol. The van der Waals surface area contributed by atoms with Crippen molar-refractivity contribution < 1.29 is 28.9 Å². The summed E-state index contributed by atoms with van der Waals surface area (Å²) in [6.07, 6.45) is 2.72. The lowest BCUT2D eigenvalue weighted by molar-refractivity contribution is -0.117. The van der Waals surface area contributed by atoms with Crippen LogP contribution in [-0.2, 0) is 21.2 Å². The van der Waals surface area contributed by atoms with E-state index in [9.17, 15) is 18.0 Å². The fourth-order valence-corrected chi connectivity index (χ4v) is 5.01. The highest BCUT2D eigenvalue weighted by molar-refractivity contribution is 7.90. The van der Waals surface area contributed by atoms with Crippen LogP contribution in [0.15, 0.2) is 36.4 Å². The number of hydrogen-bond donors (Lipinski definition) is 1. The number of sulfone groups is 1. The van der Waals surface area contributed by atoms with Crippen LogP contribution in [0, 0.1) is 5.92 Å². The number of amides is 2. The third-order valence-electron chi connectivity index (χ3n) is 5.80. The Labute approximate surface area is 195 Å². The predicted octanol–water partition coefficient (Wildman–Crippen LogP) is 3.18. The third-order valence-corrected chi connectivity index (χ3v) is 6.73. The number of nitrogens with zero attached hydrogens (tertiary/aromatic N) is 1. The smallest absolute Gasteiger partial charge is 0.257 e. The minimum atomic E-state index is -3.47. The number of rotatable bonds is 9. The van der Waals surface area contributed by atoms with Gasteiger partial charge in [0.25, 0.3) is 5.91 Å². The van der Waals surface area contributed by atoms with E-state index < -0.39 is 21.8 Å². The van der Waals surface area contributed by atoms with Crippen LogP contribution in [0.2, 0.25) is 0 Å². The molecule has 9 heteroatoms. The van der Waals surface area contributed by atoms with E-state index in [0.717, 1.165) is 19.1 Å². The van der Waals surface area contributed by atoms with E-state index in [0.29, 0.717) is 29.2 Å². The zero-order valence-electron chi connectivity index (χ0n) is 19.9. The molecule has 4 rings (SSSR count). The van der Waals surface area contributed by atoms with E-state index in [-0.39, 0.29) is 41.4 Å². The maximum absolute atomic E-state index is 13.6. The average molecular weight is 474 g/mol. The van der Waals surface area contributed by atoms with E-state index >= 15 is 0 Å². The Morgan fingerprint density at radius 1 is 1.30 bits per heavy atom. The summed E-state index contributed by atoms with van der Waals surface area (Å²) in [5.41, 5.74) is 1.66. The van der Waals surface area contributed by atoms with E-state index in [1.54, 1.807) is 30.3 Å². The molecule has 2 aromatic rings. The van der Waals surface area contributed by atoms with Gasteiger partial charge in [-0.05, 0) is 49.1 Å². The lowest BCUT2D eigenvalue weighted by Crippen LogP contribution is -2.34. The molecule has 2 aromatic carbocycles. The maximum atomic E-state index is 13.6. The van der Waals surface area contributed by atoms with Crippen molar-refractivity contribution in [3.8, 4) is 11.5 Å². The van der Waals surface area contributed by atoms with Gasteiger partial charge in [-0.1, -0.05) is 18.2 Å². The van der Waals surface area contributed by atoms with E-state index in [1.165, 1.54) is 12.0 Å². The highest BCUT2D eigenvalue weighted by atomic mass is 32.2. The number of nitrogens with one attached hydrogen (secondary N) is 1. The van der Waals surface area contributed by atoms with Gasteiger partial charge < -0.3 is 19.7 Å². The van der Waals surface area contributed by atoms with Gasteiger partial charge in [0.15, 0.2) is 11.5 Å². The average Bonchev–Trinajstić information content (AvgIpc) is 3.58. The van der Waals surface area contributed by atoms with Crippen LogP contribution in [0.5, 0.6) is 11.5 Å². The van der Waals surface area contributed by atoms with Crippen molar-refractivity contribution in [2.75, 3.05) is 31.0 Å². The minimum Gasteiger partial charge on any atom is -0.493 e. The van der Waals surface area contributed by atoms with Crippen molar-refractivity contribution in [1.29, 1.82) is 0 Å². The van der Waals surface area contributed by atoms with Crippen LogP contribution in [-0.4, -0.2) is 50.9 Å². The zero-order valence-corrected chi connectivity index (χ0v) is 19.7. The molecule has 0 bridgehead atoms. The van der Waals surface area contributed by atoms with Crippen molar-refractivity contribution in [3.05, 3.63) is 53.1 Å². The third kappa shape index (κ3) is 4.98. The molecule has 1 saturated carbocycles. The Morgan fingerprint density at radius 2 is 2.06 bits per heavy atom. The molecule has 1 fully saturated rings. The van der Waals surface area contributed by atoms with Crippen LogP contribution in [0.25, 0.3) is 0 Å². The van der Waals surface area contributed by atoms with Crippen LogP contribution >= 0.6 is 0 Å². The van der Waals surface area contributed by atoms with Crippen LogP contribution in [0.1, 0.15) is 48.7 Å². The lowest BCUT2D eigenvalue weighted by atomic mass is 10.1. The number of ether oxygens (including phenoxy) is 2. The largest absolute Gasteiger partial charge is 0.493 e. The Morgan fingerprint density at radius 3 is 2.70 bits per heavy atom. The van der Waals surface area contributed by atoms with Gasteiger partial charge >= 0.3 is 0 Å². The maximum Gasteiger partial charge on any atom is 0.257 e. The molecular formula is C24H28N2O6S. The molecule has 2 amide bonds. The summed E-state index contributed by atoms with van der Waals surface area (Å²) in [6.45, 7) is 2.38. The van der Waals surface area contributed by atoms with E-state index in [1.807, 2.05) is 6.92 Å². The van der Waals surface area contributed by atoms with Crippen molar-refractivity contribution in [2.45, 2.75) is 32.4 Å². The van der Waals surface area contributed by atoms with Crippen molar-refractivity contribution >= 4 is 27.3 Å². The quantitative estimate of drug-likeness (QED) is 0.600. The first-order valence-corrected chi connectivity index (χ1v) is 12.9. The van der Waals surface area contributed by atoms with Gasteiger partial charge in [0.2, 0.25) is 5.91 Å². The Balaban J connectivity index is 1.73. The van der Waals surface area contributed by atoms with Gasteiger partial charge in [0.1, 0.15) is 9.84 Å². The van der Waals surface area contributed by atoms with Crippen molar-refractivity contribution in [2.24, 2.45) is 5.92 Å². The number of fused-ring (bicyclic) bond motifs is 1. The van der Waals surface area contributed by atoms with Crippen LogP contribution in [0.4, 0.5) is 5.69 Å². The molecular weight excluding hydrogens is 444 g/mol. The summed E-state index contributed by atoms with van der Waals surface area (Å²) in [5, 5.41) is 2.76. The zero-order chi connectivity index (χ0) is 24.6. The molecule has 2 aliphatic rings. The molecule has 0 unspecified atom stereocenters. The van der Waals surface area contributed by atoms with Gasteiger partial charge in [0, 0.05) is 18.7 Å². The van der Waals surface area contributed by atoms with Gasteiger partial charge in [0.05, 0.1) is 38.1 Å². The molecule has 1 aliphatic carbocycles. The predicted molar refractivity (Wildman–Crippen MR) is 124 cm³/mol. The molecule has 176 valence electrons. The Kier molecular flexibility index (Phi) is 5.97. The molecule has 0 aromatic heterocycles. The fourth-order valence-electron chi connectivity index (χ4n) is 4.06. The minimum absolute atomic E-state index is 0.0469. The Bertz CT molecular complexity index is 1240. The topological polar surface area (TPSA) is 102 Å². The number of methoxy groups -OCH3 is 1. The second kappa shape index (κ2) is 9.05. The molecule has 0 spiro atoms. The lowest BCUT2D eigenvalue weighted by Gasteiger charge is -2.28. The Hall–Kier alpha value is -3.07. The summed E-state index contributed by atoms with van der Waals surface area (Å²) in [4.78, 5) is 27.5. The van der Waals surface area contributed by atoms with E-state index in [2.05, 4.69) is 5.32 Å². The van der Waals surface area contributed by atoms with Crippen LogP contribution in [0.3, 0.4) is 0 Å². The van der Waals surface area contributed by atoms with Gasteiger partial charge in [-0.25, -0.2) is 8.42 Å². The highest BCUT2D eigenvalue weighted by Gasteiger charge is 2.38. The van der Waals surface area contributed by atoms with Crippen molar-refractivity contribution in [1.82, 2.24) is 4.90 Å². The molecule has 8 nitrogen and oxygen atoms in total. The fraction of sp³-hybridized carbons (Fsp3) is 0.417. The summed E-state index contributed by atoms with van der Waals surface area (Å²) in [6, 6.07) is 7.59. The number of hydrogen-bond acceptors (Lipinski definition) is 6. The molecule has 0 radical (unpaired) electrons. The first-order valence-electron chi connectivity index (χ1n) is 11.4. The summed E-state index contributed by atoms with van der Waals surface area (Å²) >= 11 is 0. The molecule has 1 heterocycles. The van der Waals surface area contributed by atoms with E-state index in [4.69, 9.17) is 10.8 Å². The molecule has 1 aliphatic heterocycles. The van der Waals surface area contributed by atoms with Gasteiger partial charge in [-0.15, -0.1) is 0 Å². The first kappa shape index (κ1) is 21.8. The highest BCUT2D eigenvalue weighted by Crippen LogP contribution is 2.39. The van der Waals surface area contributed by atoms with Gasteiger partial charge in [-0.2, -0.15) is 0 Å². The molecule has 33 heavy (non-hydrogen) atoms.